The van der Waals surface area contributed by atoms with Crippen molar-refractivity contribution in [1.82, 2.24) is 4.90 Å². The van der Waals surface area contributed by atoms with Gasteiger partial charge in [0.1, 0.15) is 0 Å². The maximum Gasteiger partial charge on any atom is 0.0695 e. The normalized spacial score (nSPS) is 38.6. The lowest BCUT2D eigenvalue weighted by molar-refractivity contribution is -0.000783. The third-order valence-electron chi connectivity index (χ3n) is 5.18. The van der Waals surface area contributed by atoms with Gasteiger partial charge in [-0.05, 0) is 44.1 Å². The van der Waals surface area contributed by atoms with E-state index in [0.29, 0.717) is 11.5 Å². The summed E-state index contributed by atoms with van der Waals surface area (Å²) in [5.74, 6) is 0. The summed E-state index contributed by atoms with van der Waals surface area (Å²) in [6, 6.07) is 0.450. The van der Waals surface area contributed by atoms with Crippen LogP contribution in [0.3, 0.4) is 0 Å². The van der Waals surface area contributed by atoms with Gasteiger partial charge in [-0.25, -0.2) is 0 Å². The molecule has 2 aliphatic heterocycles. The molecule has 1 spiro atoms. The highest BCUT2D eigenvalue weighted by Crippen LogP contribution is 2.41. The highest BCUT2D eigenvalue weighted by Gasteiger charge is 2.42. The second-order valence-electron chi connectivity index (χ2n) is 6.25. The Labute approximate surface area is 104 Å². The van der Waals surface area contributed by atoms with Gasteiger partial charge in [0.2, 0.25) is 0 Å². The zero-order chi connectivity index (χ0) is 11.7. The summed E-state index contributed by atoms with van der Waals surface area (Å²) < 4.78 is 5.49. The summed E-state index contributed by atoms with van der Waals surface area (Å²) >= 11 is 0. The van der Waals surface area contributed by atoms with E-state index in [1.165, 1.54) is 51.6 Å². The van der Waals surface area contributed by atoms with Gasteiger partial charge < -0.3 is 9.84 Å². The molecular formula is C14H25NO2. The van der Waals surface area contributed by atoms with Gasteiger partial charge in [0.05, 0.1) is 6.10 Å². The Hall–Kier alpha value is -0.120. The Kier molecular flexibility index (Phi) is 3.42. The minimum atomic E-state index is -0.0706. The molecule has 1 aliphatic carbocycles. The van der Waals surface area contributed by atoms with Gasteiger partial charge in [0.25, 0.3) is 0 Å². The molecular weight excluding hydrogens is 214 g/mol. The largest absolute Gasteiger partial charge is 0.391 e. The van der Waals surface area contributed by atoms with E-state index in [-0.39, 0.29) is 6.10 Å². The molecule has 0 radical (unpaired) electrons. The van der Waals surface area contributed by atoms with E-state index in [2.05, 4.69) is 4.90 Å². The first-order valence-electron chi connectivity index (χ1n) is 7.29. The van der Waals surface area contributed by atoms with Crippen molar-refractivity contribution in [1.29, 1.82) is 0 Å². The second-order valence-corrected chi connectivity index (χ2v) is 6.25. The monoisotopic (exact) mass is 239 g/mol. The fourth-order valence-electron chi connectivity index (χ4n) is 3.98. The van der Waals surface area contributed by atoms with Crippen LogP contribution >= 0.6 is 0 Å². The molecule has 1 N–H and O–H groups in total. The third kappa shape index (κ3) is 2.38. The second kappa shape index (κ2) is 4.87. The average molecular weight is 239 g/mol. The zero-order valence-corrected chi connectivity index (χ0v) is 10.7. The molecule has 2 heterocycles. The molecule has 3 rings (SSSR count). The summed E-state index contributed by atoms with van der Waals surface area (Å²) in [6.45, 7) is 4.29. The zero-order valence-electron chi connectivity index (χ0n) is 10.7. The fourth-order valence-corrected chi connectivity index (χ4v) is 3.98. The number of aliphatic hydroxyl groups excluding tert-OH is 1. The summed E-state index contributed by atoms with van der Waals surface area (Å²) in [7, 11) is 0. The van der Waals surface area contributed by atoms with Crippen molar-refractivity contribution in [2.75, 3.05) is 26.3 Å². The van der Waals surface area contributed by atoms with E-state index >= 15 is 0 Å². The minimum Gasteiger partial charge on any atom is -0.391 e. The maximum absolute atomic E-state index is 10.1. The van der Waals surface area contributed by atoms with Crippen LogP contribution in [0, 0.1) is 5.41 Å². The molecule has 1 saturated carbocycles. The van der Waals surface area contributed by atoms with Crippen LogP contribution in [0.4, 0.5) is 0 Å². The van der Waals surface area contributed by atoms with Crippen LogP contribution in [0.1, 0.15) is 44.9 Å². The van der Waals surface area contributed by atoms with Crippen LogP contribution in [0.5, 0.6) is 0 Å². The molecule has 0 aromatic rings. The molecule has 98 valence electrons. The van der Waals surface area contributed by atoms with Crippen molar-refractivity contribution in [3.8, 4) is 0 Å². The molecule has 0 aromatic heterocycles. The van der Waals surface area contributed by atoms with Crippen LogP contribution in [0.2, 0.25) is 0 Å². The van der Waals surface area contributed by atoms with E-state index in [4.69, 9.17) is 4.74 Å². The van der Waals surface area contributed by atoms with Gasteiger partial charge in [-0.2, -0.15) is 0 Å². The molecule has 3 fully saturated rings. The third-order valence-corrected chi connectivity index (χ3v) is 5.18. The molecule has 2 atom stereocenters. The van der Waals surface area contributed by atoms with Crippen molar-refractivity contribution < 1.29 is 9.84 Å². The summed E-state index contributed by atoms with van der Waals surface area (Å²) in [6.07, 6.45) is 8.43. The Morgan fingerprint density at radius 1 is 1.06 bits per heavy atom. The SMILES string of the molecule is O[C@H]1CCCC[C@@H]1N1CCC2(CCOCC2)C1. The topological polar surface area (TPSA) is 32.7 Å². The minimum absolute atomic E-state index is 0.0706. The summed E-state index contributed by atoms with van der Waals surface area (Å²) in [5, 5.41) is 10.1. The number of likely N-dealkylation sites (tertiary alicyclic amines) is 1. The van der Waals surface area contributed by atoms with Crippen molar-refractivity contribution in [3.05, 3.63) is 0 Å². The molecule has 17 heavy (non-hydrogen) atoms. The lowest BCUT2D eigenvalue weighted by Crippen LogP contribution is -2.45. The van der Waals surface area contributed by atoms with Crippen LogP contribution in [-0.2, 0) is 4.74 Å². The van der Waals surface area contributed by atoms with Crippen LogP contribution in [0.25, 0.3) is 0 Å². The van der Waals surface area contributed by atoms with Gasteiger partial charge in [0.15, 0.2) is 0 Å². The van der Waals surface area contributed by atoms with Crippen LogP contribution in [-0.4, -0.2) is 48.5 Å². The molecule has 3 heteroatoms. The van der Waals surface area contributed by atoms with Crippen molar-refractivity contribution >= 4 is 0 Å². The number of hydrogen-bond donors (Lipinski definition) is 1. The van der Waals surface area contributed by atoms with E-state index in [0.717, 1.165) is 19.6 Å². The van der Waals surface area contributed by atoms with Crippen molar-refractivity contribution in [2.24, 2.45) is 5.41 Å². The van der Waals surface area contributed by atoms with Gasteiger partial charge >= 0.3 is 0 Å². The molecule has 2 saturated heterocycles. The summed E-state index contributed by atoms with van der Waals surface area (Å²) in [5.41, 5.74) is 0.523. The smallest absolute Gasteiger partial charge is 0.0695 e. The molecule has 0 bridgehead atoms. The van der Waals surface area contributed by atoms with E-state index in [1.54, 1.807) is 0 Å². The number of ether oxygens (including phenoxy) is 1. The number of nitrogens with zero attached hydrogens (tertiary/aromatic N) is 1. The Morgan fingerprint density at radius 2 is 1.82 bits per heavy atom. The first kappa shape index (κ1) is 11.9. The maximum atomic E-state index is 10.1. The van der Waals surface area contributed by atoms with Gasteiger partial charge in [-0.3, -0.25) is 4.90 Å². The van der Waals surface area contributed by atoms with E-state index in [1.807, 2.05) is 0 Å². The van der Waals surface area contributed by atoms with Gasteiger partial charge in [0, 0.05) is 25.8 Å². The van der Waals surface area contributed by atoms with Crippen molar-refractivity contribution in [3.63, 3.8) is 0 Å². The predicted octanol–water partition coefficient (Wildman–Crippen LogP) is 1.79. The van der Waals surface area contributed by atoms with E-state index in [9.17, 15) is 5.11 Å². The van der Waals surface area contributed by atoms with Crippen LogP contribution < -0.4 is 0 Å². The summed E-state index contributed by atoms with van der Waals surface area (Å²) in [4.78, 5) is 2.58. The Morgan fingerprint density at radius 3 is 2.59 bits per heavy atom. The number of rotatable bonds is 1. The highest BCUT2D eigenvalue weighted by atomic mass is 16.5. The molecule has 0 unspecified atom stereocenters. The molecule has 0 amide bonds. The van der Waals surface area contributed by atoms with Crippen molar-refractivity contribution in [2.45, 2.75) is 57.1 Å². The lowest BCUT2D eigenvalue weighted by Gasteiger charge is -2.38. The first-order valence-corrected chi connectivity index (χ1v) is 7.29. The first-order chi connectivity index (χ1) is 8.29. The number of hydrogen-bond acceptors (Lipinski definition) is 3. The molecule has 3 nitrogen and oxygen atoms in total. The fraction of sp³-hybridized carbons (Fsp3) is 1.00. The molecule has 3 aliphatic rings. The predicted molar refractivity (Wildman–Crippen MR) is 66.9 cm³/mol. The number of aliphatic hydroxyl groups is 1. The quantitative estimate of drug-likeness (QED) is 0.757. The average Bonchev–Trinajstić information content (AvgIpc) is 2.74. The van der Waals surface area contributed by atoms with Crippen LogP contribution in [0.15, 0.2) is 0 Å². The Balaban J connectivity index is 1.62. The standard InChI is InChI=1S/C14H25NO2/c16-13-4-2-1-3-12(13)15-8-5-14(11-15)6-9-17-10-7-14/h12-13,16H,1-11H2/t12-,13-/m0/s1. The van der Waals surface area contributed by atoms with Gasteiger partial charge in [-0.15, -0.1) is 0 Å². The molecule has 0 aromatic carbocycles. The highest BCUT2D eigenvalue weighted by molar-refractivity contribution is 4.95. The van der Waals surface area contributed by atoms with Gasteiger partial charge in [-0.1, -0.05) is 12.8 Å². The van der Waals surface area contributed by atoms with E-state index < -0.39 is 0 Å². The Bertz CT molecular complexity index is 263. The lowest BCUT2D eigenvalue weighted by atomic mass is 9.79.